The Morgan fingerprint density at radius 3 is 2.61 bits per heavy atom. The van der Waals surface area contributed by atoms with Gasteiger partial charge in [0.25, 0.3) is 0 Å². The van der Waals surface area contributed by atoms with Gasteiger partial charge in [-0.1, -0.05) is 36.4 Å². The fraction of sp³-hybridized carbons (Fsp3) is 0.348. The fourth-order valence-corrected chi connectivity index (χ4v) is 3.21. The zero-order valence-corrected chi connectivity index (χ0v) is 16.6. The summed E-state index contributed by atoms with van der Waals surface area (Å²) >= 11 is 0. The molecule has 1 heterocycles. The van der Waals surface area contributed by atoms with Gasteiger partial charge in [0.1, 0.15) is 11.9 Å². The van der Waals surface area contributed by atoms with E-state index in [4.69, 9.17) is 9.15 Å². The average Bonchev–Trinajstić information content (AvgIpc) is 3.15. The first-order valence-corrected chi connectivity index (χ1v) is 9.46. The lowest BCUT2D eigenvalue weighted by atomic mass is 9.94. The van der Waals surface area contributed by atoms with Gasteiger partial charge in [-0.15, -0.1) is 0 Å². The van der Waals surface area contributed by atoms with E-state index in [9.17, 15) is 9.90 Å². The average molecular weight is 381 g/mol. The third kappa shape index (κ3) is 4.80. The standard InChI is InChI=1S/C23H27NO4/c1-23(2,13-12-16-8-10-17(11-9-16)22(26)27-3)24-14-20(25)21-19-7-5-4-6-18(19)15-28-21/h4-11,15,20,24-25H,12-14H2,1-3H3. The quantitative estimate of drug-likeness (QED) is 0.571. The molecule has 0 bridgehead atoms. The summed E-state index contributed by atoms with van der Waals surface area (Å²) in [6.45, 7) is 4.64. The number of methoxy groups -OCH3 is 1. The number of furan rings is 1. The van der Waals surface area contributed by atoms with Crippen molar-refractivity contribution in [2.24, 2.45) is 0 Å². The van der Waals surface area contributed by atoms with Crippen LogP contribution in [-0.4, -0.2) is 30.3 Å². The summed E-state index contributed by atoms with van der Waals surface area (Å²) in [6, 6.07) is 15.3. The molecule has 1 aromatic heterocycles. The lowest BCUT2D eigenvalue weighted by Gasteiger charge is -2.27. The van der Waals surface area contributed by atoms with Gasteiger partial charge in [-0.05, 0) is 44.4 Å². The molecule has 0 amide bonds. The number of benzene rings is 2. The predicted octanol–water partition coefficient (Wildman–Crippen LogP) is 4.25. The Kier molecular flexibility index (Phi) is 6.17. The zero-order valence-electron chi connectivity index (χ0n) is 16.6. The summed E-state index contributed by atoms with van der Waals surface area (Å²) in [4.78, 5) is 11.5. The molecule has 0 aliphatic heterocycles. The van der Waals surface area contributed by atoms with Gasteiger partial charge in [0.2, 0.25) is 0 Å². The SMILES string of the molecule is COC(=O)c1ccc(CCC(C)(C)NCC(O)c2occ3ccccc23)cc1. The van der Waals surface area contributed by atoms with Gasteiger partial charge < -0.3 is 19.6 Å². The molecule has 0 saturated heterocycles. The molecule has 148 valence electrons. The molecule has 0 aliphatic carbocycles. The number of rotatable bonds is 8. The largest absolute Gasteiger partial charge is 0.465 e. The maximum atomic E-state index is 11.5. The summed E-state index contributed by atoms with van der Waals surface area (Å²) in [7, 11) is 1.38. The highest BCUT2D eigenvalue weighted by Gasteiger charge is 2.21. The van der Waals surface area contributed by atoms with Crippen molar-refractivity contribution in [3.05, 3.63) is 71.7 Å². The van der Waals surface area contributed by atoms with Crippen LogP contribution in [0.2, 0.25) is 0 Å². The number of carbonyl (C=O) groups is 1. The van der Waals surface area contributed by atoms with E-state index in [0.717, 1.165) is 29.2 Å². The van der Waals surface area contributed by atoms with Crippen molar-refractivity contribution >= 4 is 16.7 Å². The van der Waals surface area contributed by atoms with Crippen LogP contribution in [0.5, 0.6) is 0 Å². The molecular formula is C23H27NO4. The molecule has 3 aromatic rings. The van der Waals surface area contributed by atoms with E-state index in [-0.39, 0.29) is 11.5 Å². The number of β-amino-alcohol motifs (C(OH)–C–C–N with tert-alkyl or cyclic N) is 1. The van der Waals surface area contributed by atoms with E-state index < -0.39 is 6.10 Å². The highest BCUT2D eigenvalue weighted by Crippen LogP contribution is 2.26. The maximum absolute atomic E-state index is 11.5. The number of nitrogens with one attached hydrogen (secondary N) is 1. The number of hydrogen-bond acceptors (Lipinski definition) is 5. The number of esters is 1. The first kappa shape index (κ1) is 20.1. The third-order valence-electron chi connectivity index (χ3n) is 5.03. The molecule has 0 saturated carbocycles. The highest BCUT2D eigenvalue weighted by atomic mass is 16.5. The minimum atomic E-state index is -0.710. The van der Waals surface area contributed by atoms with Crippen molar-refractivity contribution in [3.63, 3.8) is 0 Å². The summed E-state index contributed by atoms with van der Waals surface area (Å²) in [5.74, 6) is 0.269. The van der Waals surface area contributed by atoms with E-state index in [1.807, 2.05) is 36.4 Å². The second-order valence-corrected chi connectivity index (χ2v) is 7.66. The van der Waals surface area contributed by atoms with Gasteiger partial charge in [0, 0.05) is 22.9 Å². The number of fused-ring (bicyclic) bond motifs is 1. The lowest BCUT2D eigenvalue weighted by Crippen LogP contribution is -2.41. The van der Waals surface area contributed by atoms with Crippen LogP contribution in [0.1, 0.15) is 48.1 Å². The van der Waals surface area contributed by atoms with Crippen molar-refractivity contribution < 1.29 is 19.1 Å². The zero-order chi connectivity index (χ0) is 20.1. The molecule has 1 atom stereocenters. The summed E-state index contributed by atoms with van der Waals surface area (Å²) in [5.41, 5.74) is 1.54. The van der Waals surface area contributed by atoms with Crippen molar-refractivity contribution in [2.75, 3.05) is 13.7 Å². The Bertz CT molecular complexity index is 927. The fourth-order valence-electron chi connectivity index (χ4n) is 3.21. The molecule has 0 fully saturated rings. The Morgan fingerprint density at radius 1 is 1.18 bits per heavy atom. The number of aliphatic hydroxyl groups excluding tert-OH is 1. The van der Waals surface area contributed by atoms with Gasteiger partial charge >= 0.3 is 5.97 Å². The maximum Gasteiger partial charge on any atom is 0.337 e. The summed E-state index contributed by atoms with van der Waals surface area (Å²) in [6.07, 6.45) is 2.72. The summed E-state index contributed by atoms with van der Waals surface area (Å²) in [5, 5.41) is 15.9. The third-order valence-corrected chi connectivity index (χ3v) is 5.03. The first-order valence-electron chi connectivity index (χ1n) is 9.46. The van der Waals surface area contributed by atoms with Crippen LogP contribution in [0.15, 0.2) is 59.2 Å². The molecule has 0 aliphatic rings. The monoisotopic (exact) mass is 381 g/mol. The Hall–Kier alpha value is -2.63. The molecule has 0 radical (unpaired) electrons. The Morgan fingerprint density at radius 2 is 1.89 bits per heavy atom. The van der Waals surface area contributed by atoms with Crippen molar-refractivity contribution in [3.8, 4) is 0 Å². The van der Waals surface area contributed by atoms with Crippen LogP contribution in [0, 0.1) is 0 Å². The van der Waals surface area contributed by atoms with Crippen LogP contribution in [0.3, 0.4) is 0 Å². The van der Waals surface area contributed by atoms with Crippen LogP contribution in [-0.2, 0) is 11.2 Å². The van der Waals surface area contributed by atoms with E-state index in [1.54, 1.807) is 18.4 Å². The van der Waals surface area contributed by atoms with Crippen molar-refractivity contribution in [1.29, 1.82) is 0 Å². The van der Waals surface area contributed by atoms with Gasteiger partial charge in [0.05, 0.1) is 18.9 Å². The smallest absolute Gasteiger partial charge is 0.337 e. The lowest BCUT2D eigenvalue weighted by molar-refractivity contribution is 0.0600. The van der Waals surface area contributed by atoms with Crippen LogP contribution >= 0.6 is 0 Å². The molecule has 2 N–H and O–H groups in total. The Labute approximate surface area is 165 Å². The number of aliphatic hydroxyl groups is 1. The molecule has 2 aromatic carbocycles. The van der Waals surface area contributed by atoms with E-state index in [0.29, 0.717) is 17.9 Å². The first-order chi connectivity index (χ1) is 13.4. The van der Waals surface area contributed by atoms with Crippen molar-refractivity contribution in [2.45, 2.75) is 38.3 Å². The Balaban J connectivity index is 1.54. The molecule has 5 nitrogen and oxygen atoms in total. The molecule has 5 heteroatoms. The van der Waals surface area contributed by atoms with Crippen LogP contribution in [0.4, 0.5) is 0 Å². The van der Waals surface area contributed by atoms with E-state index >= 15 is 0 Å². The minimum absolute atomic E-state index is 0.162. The molecule has 3 rings (SSSR count). The van der Waals surface area contributed by atoms with Gasteiger partial charge in [0.15, 0.2) is 0 Å². The highest BCUT2D eigenvalue weighted by molar-refractivity contribution is 5.89. The molecule has 28 heavy (non-hydrogen) atoms. The number of hydrogen-bond donors (Lipinski definition) is 2. The normalized spacial score (nSPS) is 12.9. The second kappa shape index (κ2) is 8.59. The summed E-state index contributed by atoms with van der Waals surface area (Å²) < 4.78 is 10.3. The van der Waals surface area contributed by atoms with Gasteiger partial charge in [-0.3, -0.25) is 0 Å². The predicted molar refractivity (Wildman–Crippen MR) is 109 cm³/mol. The molecule has 1 unspecified atom stereocenters. The number of aryl methyl sites for hydroxylation is 1. The number of carbonyl (C=O) groups excluding carboxylic acids is 1. The molecular weight excluding hydrogens is 354 g/mol. The number of ether oxygens (including phenoxy) is 1. The van der Waals surface area contributed by atoms with Gasteiger partial charge in [-0.2, -0.15) is 0 Å². The topological polar surface area (TPSA) is 71.7 Å². The minimum Gasteiger partial charge on any atom is -0.465 e. The molecule has 0 spiro atoms. The second-order valence-electron chi connectivity index (χ2n) is 7.66. The van der Waals surface area contributed by atoms with E-state index in [2.05, 4.69) is 19.2 Å². The van der Waals surface area contributed by atoms with Crippen molar-refractivity contribution in [1.82, 2.24) is 5.32 Å². The van der Waals surface area contributed by atoms with Crippen LogP contribution < -0.4 is 5.32 Å². The van der Waals surface area contributed by atoms with Gasteiger partial charge in [-0.25, -0.2) is 4.79 Å². The van der Waals surface area contributed by atoms with Crippen LogP contribution in [0.25, 0.3) is 10.8 Å². The van der Waals surface area contributed by atoms with E-state index in [1.165, 1.54) is 7.11 Å².